The molecule has 1 aromatic heterocycles. The second-order valence-electron chi connectivity index (χ2n) is 8.48. The highest BCUT2D eigenvalue weighted by molar-refractivity contribution is 6.30. The molecule has 3 aromatic carbocycles. The maximum Gasteiger partial charge on any atom is 0.419 e. The number of alkyl halides is 5. The predicted octanol–water partition coefficient (Wildman–Crippen LogP) is 7.41. The first kappa shape index (κ1) is 28.0. The molecule has 1 heterocycles. The van der Waals surface area contributed by atoms with E-state index in [1.807, 2.05) is 0 Å². The number of nitrogens with one attached hydrogen (secondary N) is 1. The topological polar surface area (TPSA) is 51.2 Å². The quantitative estimate of drug-likeness (QED) is 0.227. The third kappa shape index (κ3) is 6.51. The largest absolute Gasteiger partial charge is 0.435 e. The molecule has 0 saturated carbocycles. The molecule has 4 nitrogen and oxygen atoms in total. The first-order valence-electron chi connectivity index (χ1n) is 11.4. The fraction of sp³-hybridized carbons (Fsp3) is 0.143. The van der Waals surface area contributed by atoms with E-state index in [1.54, 1.807) is 30.3 Å². The molecule has 0 radical (unpaired) electrons. The number of aromatic nitrogens is 1. The fourth-order valence-electron chi connectivity index (χ4n) is 4.14. The zero-order valence-electron chi connectivity index (χ0n) is 19.9. The lowest BCUT2D eigenvalue weighted by Gasteiger charge is -2.36. The van der Waals surface area contributed by atoms with Crippen molar-refractivity contribution in [1.29, 1.82) is 0 Å². The van der Waals surface area contributed by atoms with Gasteiger partial charge in [0.15, 0.2) is 0 Å². The monoisotopic (exact) mass is 564 g/mol. The summed E-state index contributed by atoms with van der Waals surface area (Å²) in [5.74, 6) is -2.75. The Labute approximate surface area is 224 Å². The molecular weight excluding hydrogens is 546 g/mol. The van der Waals surface area contributed by atoms with Gasteiger partial charge in [0.2, 0.25) is 0 Å². The zero-order valence-corrected chi connectivity index (χ0v) is 20.6. The molecule has 0 bridgehead atoms. The Morgan fingerprint density at radius 1 is 0.949 bits per heavy atom. The number of amides is 1. The highest BCUT2D eigenvalue weighted by atomic mass is 35.5. The van der Waals surface area contributed by atoms with Crippen LogP contribution in [0.3, 0.4) is 0 Å². The van der Waals surface area contributed by atoms with Crippen LogP contribution in [0, 0.1) is 5.82 Å². The van der Waals surface area contributed by atoms with Gasteiger partial charge in [-0.3, -0.25) is 9.78 Å². The summed E-state index contributed by atoms with van der Waals surface area (Å²) < 4.78 is 84.6. The van der Waals surface area contributed by atoms with Crippen LogP contribution in [-0.2, 0) is 18.1 Å². The Kier molecular flexibility index (Phi) is 8.15. The summed E-state index contributed by atoms with van der Waals surface area (Å²) in [7, 11) is 0. The molecule has 0 fully saturated rings. The maximum atomic E-state index is 13.9. The van der Waals surface area contributed by atoms with Gasteiger partial charge in [0.1, 0.15) is 17.1 Å². The van der Waals surface area contributed by atoms with Crippen molar-refractivity contribution in [3.05, 3.63) is 130 Å². The molecule has 39 heavy (non-hydrogen) atoms. The normalized spacial score (nSPS) is 13.1. The van der Waals surface area contributed by atoms with E-state index in [2.05, 4.69) is 15.0 Å². The summed E-state index contributed by atoms with van der Waals surface area (Å²) in [6.07, 6.45) is -3.73. The third-order valence-electron chi connectivity index (χ3n) is 5.89. The second-order valence-corrected chi connectivity index (χ2v) is 8.92. The van der Waals surface area contributed by atoms with Gasteiger partial charge in [-0.05, 0) is 53.6 Å². The number of benzene rings is 3. The highest BCUT2D eigenvalue weighted by Crippen LogP contribution is 2.36. The number of hydrogen-bond donors (Lipinski definition) is 1. The van der Waals surface area contributed by atoms with Gasteiger partial charge in [-0.15, -0.1) is 0 Å². The molecule has 4 rings (SSSR count). The van der Waals surface area contributed by atoms with Crippen LogP contribution in [0.25, 0.3) is 0 Å². The van der Waals surface area contributed by atoms with Crippen LogP contribution >= 0.6 is 11.6 Å². The van der Waals surface area contributed by atoms with Crippen LogP contribution < -0.4 is 10.1 Å². The van der Waals surface area contributed by atoms with E-state index in [9.17, 15) is 31.1 Å². The number of nitrogens with zero attached hydrogens (tertiary/aromatic N) is 1. The molecular formula is C28H19ClF6N2O2. The van der Waals surface area contributed by atoms with Gasteiger partial charge in [0, 0.05) is 18.2 Å². The first-order valence-corrected chi connectivity index (χ1v) is 11.8. The molecule has 202 valence electrons. The molecule has 0 saturated heterocycles. The number of rotatable bonds is 8. The smallest absolute Gasteiger partial charge is 0.419 e. The summed E-state index contributed by atoms with van der Waals surface area (Å²) in [6, 6.07) is 19.1. The minimum atomic E-state index is -5.04. The van der Waals surface area contributed by atoms with E-state index in [-0.39, 0.29) is 28.5 Å². The summed E-state index contributed by atoms with van der Waals surface area (Å²) >= 11 is 6.03. The van der Waals surface area contributed by atoms with Gasteiger partial charge in [-0.2, -0.15) is 22.0 Å². The summed E-state index contributed by atoms with van der Waals surface area (Å²) in [5, 5.41) is 3.01. The standard InChI is InChI=1S/C28H19ClF6N2O2/c29-20-10-12-24(36-16-20)27(15-17-5-2-1-3-6-17,19-7-4-8-21(14-19)39-26(31)32)37-25(38)18-9-11-23(30)22(13-18)28(33,34)35/h1-14,16,26H,15H2,(H,37,38)/t27-/m0/s1. The van der Waals surface area contributed by atoms with Crippen LogP contribution in [-0.4, -0.2) is 17.5 Å². The summed E-state index contributed by atoms with van der Waals surface area (Å²) in [5.41, 5.74) is -2.58. The SMILES string of the molecule is O=C(N[C@@](Cc1ccccc1)(c1cccc(OC(F)F)c1)c1ccc(Cl)cn1)c1ccc(F)c(C(F)(F)F)c1. The average molecular weight is 565 g/mol. The zero-order chi connectivity index (χ0) is 28.2. The van der Waals surface area contributed by atoms with Crippen molar-refractivity contribution < 1.29 is 35.9 Å². The molecule has 0 aliphatic heterocycles. The van der Waals surface area contributed by atoms with Gasteiger partial charge >= 0.3 is 12.8 Å². The lowest BCUT2D eigenvalue weighted by atomic mass is 9.80. The molecule has 0 spiro atoms. The molecule has 1 amide bonds. The summed E-state index contributed by atoms with van der Waals surface area (Å²) in [4.78, 5) is 17.9. The molecule has 0 unspecified atom stereocenters. The number of ether oxygens (including phenoxy) is 1. The van der Waals surface area contributed by atoms with Crippen molar-refractivity contribution in [1.82, 2.24) is 10.3 Å². The number of pyridine rings is 1. The molecule has 0 aliphatic carbocycles. The van der Waals surface area contributed by atoms with Crippen molar-refractivity contribution in [2.75, 3.05) is 0 Å². The van der Waals surface area contributed by atoms with Crippen LogP contribution in [0.4, 0.5) is 26.3 Å². The Balaban J connectivity index is 1.91. The van der Waals surface area contributed by atoms with Gasteiger partial charge in [0.05, 0.1) is 16.3 Å². The Morgan fingerprint density at radius 3 is 2.33 bits per heavy atom. The van der Waals surface area contributed by atoms with Crippen molar-refractivity contribution in [3.8, 4) is 5.75 Å². The Hall–Kier alpha value is -4.05. The van der Waals surface area contributed by atoms with E-state index >= 15 is 0 Å². The van der Waals surface area contributed by atoms with E-state index in [4.69, 9.17) is 11.6 Å². The predicted molar refractivity (Wildman–Crippen MR) is 132 cm³/mol. The lowest BCUT2D eigenvalue weighted by Crippen LogP contribution is -2.49. The number of carbonyl (C=O) groups excluding carboxylic acids is 1. The molecule has 1 N–H and O–H groups in total. The maximum absolute atomic E-state index is 13.9. The number of halogens is 7. The van der Waals surface area contributed by atoms with Gasteiger partial charge in [-0.25, -0.2) is 4.39 Å². The van der Waals surface area contributed by atoms with Gasteiger partial charge in [0.25, 0.3) is 5.91 Å². The fourth-order valence-corrected chi connectivity index (χ4v) is 4.25. The Bertz CT molecular complexity index is 1450. The van der Waals surface area contributed by atoms with Crippen molar-refractivity contribution in [2.24, 2.45) is 0 Å². The van der Waals surface area contributed by atoms with Crippen LogP contribution in [0.2, 0.25) is 5.02 Å². The molecule has 0 aliphatic rings. The van der Waals surface area contributed by atoms with E-state index in [0.717, 1.165) is 6.07 Å². The van der Waals surface area contributed by atoms with E-state index < -0.39 is 41.2 Å². The van der Waals surface area contributed by atoms with Gasteiger partial charge < -0.3 is 10.1 Å². The Morgan fingerprint density at radius 2 is 1.69 bits per heavy atom. The van der Waals surface area contributed by atoms with E-state index in [1.165, 1.54) is 42.6 Å². The average Bonchev–Trinajstić information content (AvgIpc) is 2.88. The van der Waals surface area contributed by atoms with Crippen molar-refractivity contribution in [3.63, 3.8) is 0 Å². The second kappa shape index (κ2) is 11.4. The van der Waals surface area contributed by atoms with Crippen molar-refractivity contribution >= 4 is 17.5 Å². The molecule has 11 heteroatoms. The lowest BCUT2D eigenvalue weighted by molar-refractivity contribution is -0.140. The highest BCUT2D eigenvalue weighted by Gasteiger charge is 2.40. The molecule has 1 atom stereocenters. The third-order valence-corrected chi connectivity index (χ3v) is 6.11. The minimum Gasteiger partial charge on any atom is -0.435 e. The first-order chi connectivity index (χ1) is 18.5. The number of carbonyl (C=O) groups is 1. The van der Waals surface area contributed by atoms with Crippen LogP contribution in [0.15, 0.2) is 91.1 Å². The minimum absolute atomic E-state index is 0.000330. The van der Waals surface area contributed by atoms with E-state index in [0.29, 0.717) is 17.7 Å². The van der Waals surface area contributed by atoms with Crippen LogP contribution in [0.1, 0.15) is 32.7 Å². The molecule has 4 aromatic rings. The number of hydrogen-bond acceptors (Lipinski definition) is 3. The summed E-state index contributed by atoms with van der Waals surface area (Å²) in [6.45, 7) is -3.13. The van der Waals surface area contributed by atoms with Crippen molar-refractivity contribution in [2.45, 2.75) is 24.7 Å². The van der Waals surface area contributed by atoms with Crippen LogP contribution in [0.5, 0.6) is 5.75 Å². The van der Waals surface area contributed by atoms with Gasteiger partial charge in [-0.1, -0.05) is 54.1 Å².